The van der Waals surface area contributed by atoms with Crippen LogP contribution in [-0.2, 0) is 14.3 Å². The Hall–Kier alpha value is -2.64. The monoisotopic (exact) mass is 428 g/mol. The third-order valence-corrected chi connectivity index (χ3v) is 5.79. The van der Waals surface area contributed by atoms with Gasteiger partial charge in [0, 0.05) is 31.8 Å². The van der Waals surface area contributed by atoms with Gasteiger partial charge in [0.25, 0.3) is 5.91 Å². The Morgan fingerprint density at radius 1 is 1.16 bits per heavy atom. The SMILES string of the molecule is CCOC(=O)c1ccc2cc(OC3CCN(C(C)C)CC3)ccc2c1C(OC)C(N)=O. The van der Waals surface area contributed by atoms with E-state index in [1.54, 1.807) is 13.0 Å². The summed E-state index contributed by atoms with van der Waals surface area (Å²) >= 11 is 0. The van der Waals surface area contributed by atoms with Crippen molar-refractivity contribution >= 4 is 22.6 Å². The number of fused-ring (bicyclic) bond motifs is 1. The summed E-state index contributed by atoms with van der Waals surface area (Å²) in [5, 5.41) is 1.54. The van der Waals surface area contributed by atoms with Crippen molar-refractivity contribution in [3.8, 4) is 5.75 Å². The van der Waals surface area contributed by atoms with Gasteiger partial charge in [-0.1, -0.05) is 12.1 Å². The molecule has 2 N–H and O–H groups in total. The van der Waals surface area contributed by atoms with Crippen LogP contribution in [0.4, 0.5) is 0 Å². The van der Waals surface area contributed by atoms with Crippen LogP contribution in [-0.4, -0.2) is 55.7 Å². The summed E-state index contributed by atoms with van der Waals surface area (Å²) in [7, 11) is 1.39. The molecule has 1 atom stereocenters. The molecule has 0 aromatic heterocycles. The second kappa shape index (κ2) is 10.1. The van der Waals surface area contributed by atoms with Crippen molar-refractivity contribution < 1.29 is 23.8 Å². The number of piperidine rings is 1. The number of hydrogen-bond donors (Lipinski definition) is 1. The minimum atomic E-state index is -1.06. The molecular formula is C24H32N2O5. The molecule has 0 spiro atoms. The Kier molecular flexibility index (Phi) is 7.51. The molecule has 7 heteroatoms. The fourth-order valence-corrected chi connectivity index (χ4v) is 4.15. The van der Waals surface area contributed by atoms with Gasteiger partial charge in [0.15, 0.2) is 6.10 Å². The highest BCUT2D eigenvalue weighted by molar-refractivity contribution is 6.02. The van der Waals surface area contributed by atoms with Crippen molar-refractivity contribution in [3.05, 3.63) is 41.5 Å². The van der Waals surface area contributed by atoms with E-state index in [0.717, 1.165) is 37.1 Å². The molecule has 1 unspecified atom stereocenters. The van der Waals surface area contributed by atoms with Gasteiger partial charge in [-0.25, -0.2) is 4.79 Å². The molecule has 2 aromatic carbocycles. The Labute approximate surface area is 183 Å². The Morgan fingerprint density at radius 3 is 2.45 bits per heavy atom. The first-order valence-corrected chi connectivity index (χ1v) is 10.8. The lowest BCUT2D eigenvalue weighted by Crippen LogP contribution is -2.41. The average Bonchev–Trinajstić information content (AvgIpc) is 2.74. The van der Waals surface area contributed by atoms with Crippen LogP contribution in [0.1, 0.15) is 55.6 Å². The number of hydrogen-bond acceptors (Lipinski definition) is 6. The molecule has 0 aliphatic carbocycles. The van der Waals surface area contributed by atoms with Gasteiger partial charge in [-0.05, 0) is 62.6 Å². The molecule has 1 aliphatic heterocycles. The predicted octanol–water partition coefficient (Wildman–Crippen LogP) is 3.44. The first-order chi connectivity index (χ1) is 14.8. The van der Waals surface area contributed by atoms with Crippen LogP contribution >= 0.6 is 0 Å². The molecule has 0 saturated carbocycles. The van der Waals surface area contributed by atoms with Gasteiger partial charge in [-0.3, -0.25) is 4.79 Å². The van der Waals surface area contributed by atoms with Crippen LogP contribution in [0.25, 0.3) is 10.8 Å². The summed E-state index contributed by atoms with van der Waals surface area (Å²) in [6.45, 7) is 8.44. The number of amides is 1. The minimum Gasteiger partial charge on any atom is -0.490 e. The fraction of sp³-hybridized carbons (Fsp3) is 0.500. The maximum atomic E-state index is 12.5. The molecule has 1 fully saturated rings. The van der Waals surface area contributed by atoms with Crippen LogP contribution in [0, 0.1) is 0 Å². The summed E-state index contributed by atoms with van der Waals surface area (Å²) in [5.74, 6) is -0.420. The second-order valence-corrected chi connectivity index (χ2v) is 8.10. The number of nitrogens with two attached hydrogens (primary N) is 1. The lowest BCUT2D eigenvalue weighted by atomic mass is 9.94. The van der Waals surface area contributed by atoms with E-state index in [-0.39, 0.29) is 18.3 Å². The summed E-state index contributed by atoms with van der Waals surface area (Å²) in [5.41, 5.74) is 6.25. The normalized spacial score (nSPS) is 16.4. The molecule has 7 nitrogen and oxygen atoms in total. The van der Waals surface area contributed by atoms with Gasteiger partial charge in [0.05, 0.1) is 12.2 Å². The zero-order valence-electron chi connectivity index (χ0n) is 18.7. The number of methoxy groups -OCH3 is 1. The Morgan fingerprint density at radius 2 is 1.87 bits per heavy atom. The van der Waals surface area contributed by atoms with Crippen LogP contribution in [0.3, 0.4) is 0 Å². The largest absolute Gasteiger partial charge is 0.490 e. The van der Waals surface area contributed by atoms with Gasteiger partial charge >= 0.3 is 5.97 Å². The lowest BCUT2D eigenvalue weighted by Gasteiger charge is -2.34. The van der Waals surface area contributed by atoms with Gasteiger partial charge in [-0.15, -0.1) is 0 Å². The molecule has 1 saturated heterocycles. The summed E-state index contributed by atoms with van der Waals surface area (Å²) in [6, 6.07) is 9.66. The van der Waals surface area contributed by atoms with Crippen molar-refractivity contribution in [1.82, 2.24) is 4.90 Å². The highest BCUT2D eigenvalue weighted by Gasteiger charge is 2.27. The number of carbonyl (C=O) groups excluding carboxylic acids is 2. The van der Waals surface area contributed by atoms with E-state index in [2.05, 4.69) is 18.7 Å². The van der Waals surface area contributed by atoms with Crippen molar-refractivity contribution in [1.29, 1.82) is 0 Å². The molecule has 1 aliphatic rings. The zero-order valence-corrected chi connectivity index (χ0v) is 18.7. The number of likely N-dealkylation sites (tertiary alicyclic amines) is 1. The number of esters is 1. The number of benzene rings is 2. The maximum Gasteiger partial charge on any atom is 0.338 e. The lowest BCUT2D eigenvalue weighted by molar-refractivity contribution is -0.128. The number of carbonyl (C=O) groups is 2. The Balaban J connectivity index is 1.92. The molecular weight excluding hydrogens is 396 g/mol. The highest BCUT2D eigenvalue weighted by atomic mass is 16.5. The van der Waals surface area contributed by atoms with E-state index in [1.807, 2.05) is 24.3 Å². The minimum absolute atomic E-state index is 0.170. The first kappa shape index (κ1) is 23.0. The molecule has 31 heavy (non-hydrogen) atoms. The quantitative estimate of drug-likeness (QED) is 0.648. The van der Waals surface area contributed by atoms with Crippen molar-refractivity contribution in [2.45, 2.75) is 51.9 Å². The molecule has 1 heterocycles. The van der Waals surface area contributed by atoms with E-state index in [9.17, 15) is 9.59 Å². The van der Waals surface area contributed by atoms with E-state index in [1.165, 1.54) is 7.11 Å². The van der Waals surface area contributed by atoms with E-state index >= 15 is 0 Å². The molecule has 2 aromatic rings. The summed E-state index contributed by atoms with van der Waals surface area (Å²) < 4.78 is 16.7. The third kappa shape index (κ3) is 5.17. The summed E-state index contributed by atoms with van der Waals surface area (Å²) in [4.78, 5) is 27.0. The van der Waals surface area contributed by atoms with Crippen molar-refractivity contribution in [2.24, 2.45) is 5.73 Å². The van der Waals surface area contributed by atoms with Crippen molar-refractivity contribution in [2.75, 3.05) is 26.8 Å². The van der Waals surface area contributed by atoms with Crippen LogP contribution in [0.5, 0.6) is 5.75 Å². The Bertz CT molecular complexity index is 935. The van der Waals surface area contributed by atoms with E-state index in [4.69, 9.17) is 19.9 Å². The van der Waals surface area contributed by atoms with Crippen LogP contribution in [0.15, 0.2) is 30.3 Å². The van der Waals surface area contributed by atoms with Crippen LogP contribution < -0.4 is 10.5 Å². The topological polar surface area (TPSA) is 91.1 Å². The molecule has 0 bridgehead atoms. The highest BCUT2D eigenvalue weighted by Crippen LogP contribution is 2.33. The standard InChI is InChI=1S/C24H32N2O5/c1-5-30-24(28)20-8-6-16-14-18(31-17-10-12-26(13-11-17)15(2)3)7-9-19(16)21(20)22(29-4)23(25)27/h6-9,14-15,17,22H,5,10-13H2,1-4H3,(H2,25,27). The smallest absolute Gasteiger partial charge is 0.338 e. The molecule has 0 radical (unpaired) electrons. The number of primary amides is 1. The second-order valence-electron chi connectivity index (χ2n) is 8.10. The van der Waals surface area contributed by atoms with Gasteiger partial charge in [-0.2, -0.15) is 0 Å². The van der Waals surface area contributed by atoms with Crippen molar-refractivity contribution in [3.63, 3.8) is 0 Å². The molecule has 3 rings (SSSR count). The first-order valence-electron chi connectivity index (χ1n) is 10.8. The van der Waals surface area contributed by atoms with Gasteiger partial charge < -0.3 is 24.8 Å². The van der Waals surface area contributed by atoms with E-state index in [0.29, 0.717) is 17.0 Å². The van der Waals surface area contributed by atoms with Crippen LogP contribution in [0.2, 0.25) is 0 Å². The average molecular weight is 429 g/mol. The van der Waals surface area contributed by atoms with E-state index < -0.39 is 18.0 Å². The number of rotatable bonds is 8. The summed E-state index contributed by atoms with van der Waals surface area (Å²) in [6.07, 6.45) is 1.08. The van der Waals surface area contributed by atoms with Gasteiger partial charge in [0.1, 0.15) is 11.9 Å². The third-order valence-electron chi connectivity index (χ3n) is 5.79. The molecule has 1 amide bonds. The fourth-order valence-electron chi connectivity index (χ4n) is 4.15. The maximum absolute atomic E-state index is 12.5. The van der Waals surface area contributed by atoms with Gasteiger partial charge in [0.2, 0.25) is 0 Å². The predicted molar refractivity (Wildman–Crippen MR) is 119 cm³/mol. The molecule has 168 valence electrons. The number of nitrogens with zero attached hydrogens (tertiary/aromatic N) is 1. The number of ether oxygens (including phenoxy) is 3. The zero-order chi connectivity index (χ0) is 22.5.